The molecule has 6 unspecified atom stereocenters. The van der Waals surface area contributed by atoms with Gasteiger partial charge < -0.3 is 18.9 Å². The summed E-state index contributed by atoms with van der Waals surface area (Å²) in [6, 6.07) is 2.51. The molecule has 2 heterocycles. The quantitative estimate of drug-likeness (QED) is 0.149. The van der Waals surface area contributed by atoms with Gasteiger partial charge in [-0.05, 0) is 49.8 Å². The van der Waals surface area contributed by atoms with E-state index in [4.69, 9.17) is 34.1 Å². The third-order valence-corrected chi connectivity index (χ3v) is 22.6. The molecule has 8 aliphatic rings. The molecule has 6 atom stereocenters. The average Bonchev–Trinajstić information content (AvgIpc) is 4.09. The van der Waals surface area contributed by atoms with Gasteiger partial charge in [-0.1, -0.05) is 103 Å². The molecule has 6 saturated carbocycles. The fraction of sp³-hybridized carbons (Fsp3) is 0.955. The Balaban J connectivity index is 0.000000460. The van der Waals surface area contributed by atoms with Crippen molar-refractivity contribution < 1.29 is 90.8 Å². The molecular formula is C44H84B2Fe2Li2N4O4P2+2. The molecule has 4 radical (unpaired) electrons. The summed E-state index contributed by atoms with van der Waals surface area (Å²) in [6.07, 6.45) is 38.2. The molecule has 0 aromatic rings. The summed E-state index contributed by atoms with van der Waals surface area (Å²) in [7, 11) is 18.2. The number of fused-ring (bicyclic) bond motifs is 2. The Labute approximate surface area is 419 Å². The van der Waals surface area contributed by atoms with E-state index in [2.05, 4.69) is 31.5 Å². The molecule has 8 fully saturated rings. The van der Waals surface area contributed by atoms with Crippen molar-refractivity contribution in [2.45, 2.75) is 190 Å². The number of rotatable bonds is 14. The molecule has 0 amide bonds. The summed E-state index contributed by atoms with van der Waals surface area (Å²) >= 11 is 0. The van der Waals surface area contributed by atoms with Crippen LogP contribution in [0.2, 0.25) is 0 Å². The average molecular weight is 942 g/mol. The third kappa shape index (κ3) is 16.0. The van der Waals surface area contributed by atoms with Crippen LogP contribution in [-0.4, -0.2) is 150 Å². The maximum Gasteiger partial charge on any atom is 1.00 e. The fourth-order valence-corrected chi connectivity index (χ4v) is 20.3. The minimum absolute atomic E-state index is 0. The van der Waals surface area contributed by atoms with Crippen molar-refractivity contribution in [2.75, 3.05) is 81.0 Å². The van der Waals surface area contributed by atoms with E-state index >= 15 is 0 Å². The van der Waals surface area contributed by atoms with Crippen LogP contribution in [0.25, 0.3) is 0 Å². The summed E-state index contributed by atoms with van der Waals surface area (Å²) < 4.78 is 32.5. The largest absolute Gasteiger partial charge is 1.00 e. The normalized spacial score (nSPS) is 33.9. The second-order valence-corrected chi connectivity index (χ2v) is 24.0. The third-order valence-electron chi connectivity index (χ3n) is 14.4. The molecule has 0 N–H and O–H groups in total. The van der Waals surface area contributed by atoms with Crippen LogP contribution in [0.15, 0.2) is 0 Å². The van der Waals surface area contributed by atoms with Crippen LogP contribution in [0, 0.1) is 12.8 Å². The number of hydrogen-bond donors (Lipinski definition) is 0. The van der Waals surface area contributed by atoms with Gasteiger partial charge in [0, 0.05) is 62.6 Å². The summed E-state index contributed by atoms with van der Waals surface area (Å²) in [5, 5.41) is 0. The zero-order valence-electron chi connectivity index (χ0n) is 39.4. The Morgan fingerprint density at radius 2 is 0.633 bits per heavy atom. The molecule has 6 aliphatic carbocycles. The van der Waals surface area contributed by atoms with E-state index in [1.165, 1.54) is 154 Å². The summed E-state index contributed by atoms with van der Waals surface area (Å²) in [5.74, 6) is 0. The summed E-state index contributed by atoms with van der Waals surface area (Å²) in [4.78, 5) is 0. The number of hydrogen-bond acceptors (Lipinski definition) is 8. The Kier molecular flexibility index (Phi) is 33.9. The van der Waals surface area contributed by atoms with Gasteiger partial charge in [0.1, 0.15) is 0 Å². The van der Waals surface area contributed by atoms with E-state index in [1.54, 1.807) is 28.4 Å². The van der Waals surface area contributed by atoms with E-state index in [-0.39, 0.29) is 71.9 Å². The smallest absolute Gasteiger partial charge is 0.383 e. The molecule has 0 spiro atoms. The van der Waals surface area contributed by atoms with Gasteiger partial charge in [0.25, 0.3) is 0 Å². The van der Waals surface area contributed by atoms with E-state index < -0.39 is 14.9 Å². The molecule has 8 nitrogen and oxygen atoms in total. The van der Waals surface area contributed by atoms with E-state index in [0.29, 0.717) is 35.5 Å². The van der Waals surface area contributed by atoms with Gasteiger partial charge in [0.2, 0.25) is 0 Å². The van der Waals surface area contributed by atoms with Crippen LogP contribution in [0.3, 0.4) is 0 Å². The van der Waals surface area contributed by atoms with Gasteiger partial charge in [-0.3, -0.25) is 12.8 Å². The van der Waals surface area contributed by atoms with Crippen molar-refractivity contribution in [1.82, 2.24) is 18.7 Å². The molecule has 0 aromatic carbocycles. The molecule has 0 bridgehead atoms. The maximum absolute atomic E-state index is 7.31. The first-order valence-corrected chi connectivity index (χ1v) is 27.2. The van der Waals surface area contributed by atoms with Crippen LogP contribution in [-0.2, 0) is 53.1 Å². The van der Waals surface area contributed by atoms with Crippen molar-refractivity contribution in [2.24, 2.45) is 0 Å². The SMILES string of the molecule is C1CCCC1.C1CCCC1.[B][P+]1(C2[CH-]CCC2)N(CCOC)C2CCCCC2N1CCOC.[B][P+]1(C2[CH-]CCC2)N(CCOC)C2CCCCC2N1CCOC.[Fe].[Fe].[Li+].[Li+]. The van der Waals surface area contributed by atoms with Gasteiger partial charge >= 0.3 is 52.9 Å². The van der Waals surface area contributed by atoms with Crippen molar-refractivity contribution in [1.29, 1.82) is 0 Å². The molecule has 336 valence electrons. The van der Waals surface area contributed by atoms with Crippen LogP contribution in [0.1, 0.15) is 154 Å². The topological polar surface area (TPSA) is 49.9 Å². The fourth-order valence-electron chi connectivity index (χ4n) is 11.6. The first-order valence-electron chi connectivity index (χ1n) is 23.5. The Hall–Kier alpha value is 2.90. The van der Waals surface area contributed by atoms with Crippen molar-refractivity contribution in [3.63, 3.8) is 0 Å². The molecule has 16 heteroatoms. The summed E-state index contributed by atoms with van der Waals surface area (Å²) in [6.45, 7) is 7.07. The molecule has 60 heavy (non-hydrogen) atoms. The number of ether oxygens (including phenoxy) is 4. The van der Waals surface area contributed by atoms with Crippen molar-refractivity contribution in [3.05, 3.63) is 12.8 Å². The van der Waals surface area contributed by atoms with Gasteiger partial charge in [0.15, 0.2) is 0 Å². The second kappa shape index (κ2) is 33.4. The van der Waals surface area contributed by atoms with E-state index in [0.717, 1.165) is 52.6 Å². The molecular weight excluding hydrogens is 858 g/mol. The van der Waals surface area contributed by atoms with E-state index in [1.807, 2.05) is 0 Å². The molecule has 0 aromatic heterocycles. The zero-order chi connectivity index (χ0) is 39.6. The van der Waals surface area contributed by atoms with Gasteiger partial charge in [-0.2, -0.15) is 31.5 Å². The predicted molar refractivity (Wildman–Crippen MR) is 242 cm³/mol. The number of nitrogens with zero attached hydrogens (tertiary/aromatic N) is 4. The minimum Gasteiger partial charge on any atom is -0.383 e. The van der Waals surface area contributed by atoms with Crippen molar-refractivity contribution >= 4 is 30.0 Å². The first-order chi connectivity index (χ1) is 27.5. The minimum atomic E-state index is -1.80. The number of methoxy groups -OCH3 is 4. The van der Waals surface area contributed by atoms with E-state index in [9.17, 15) is 0 Å². The Morgan fingerprint density at radius 1 is 0.400 bits per heavy atom. The van der Waals surface area contributed by atoms with Crippen LogP contribution >= 0.6 is 14.9 Å². The monoisotopic (exact) mass is 943 g/mol. The Bertz CT molecular complexity index is 934. The van der Waals surface area contributed by atoms with Crippen LogP contribution in [0.5, 0.6) is 0 Å². The second-order valence-electron chi connectivity index (χ2n) is 17.9. The standard InChI is InChI=1S/2C17H32BN2O2P.2C5H10.2Fe.2Li/c2*1-21-13-11-19-16-9-5-6-10-17(16)20(12-14-22-2)23(19,18)15-7-3-4-8-15;2*1-2-4-5-3-1;;;;/h2*7,15-17H,3-6,8-14H2,1-2H3;2*1-5H2;;;;/q;;;;;;2*+1. The van der Waals surface area contributed by atoms with Gasteiger partial charge in [-0.15, -0.1) is 0 Å². The first kappa shape index (κ1) is 60.9. The zero-order valence-corrected chi connectivity index (χ0v) is 43.4. The van der Waals surface area contributed by atoms with Gasteiger partial charge in [-0.25, -0.2) is 0 Å². The van der Waals surface area contributed by atoms with Gasteiger partial charge in [0.05, 0.1) is 91.7 Å². The molecule has 2 aliphatic heterocycles. The maximum atomic E-state index is 7.31. The molecule has 8 rings (SSSR count). The Morgan fingerprint density at radius 3 is 0.817 bits per heavy atom. The van der Waals surface area contributed by atoms with Crippen LogP contribution < -0.4 is 37.7 Å². The summed E-state index contributed by atoms with van der Waals surface area (Å²) in [5.41, 5.74) is 1.14. The predicted octanol–water partition coefficient (Wildman–Crippen LogP) is 3.70. The van der Waals surface area contributed by atoms with Crippen molar-refractivity contribution in [3.8, 4) is 0 Å². The van der Waals surface area contributed by atoms with Crippen LogP contribution in [0.4, 0.5) is 0 Å². The molecule has 2 saturated heterocycles.